The van der Waals surface area contributed by atoms with Gasteiger partial charge in [-0.15, -0.1) is 0 Å². The molecule has 2 rings (SSSR count). The molecule has 0 aliphatic carbocycles. The fraction of sp³-hybridized carbons (Fsp3) is 0. The fourth-order valence-corrected chi connectivity index (χ4v) is 1.48. The van der Waals surface area contributed by atoms with Gasteiger partial charge >= 0.3 is 0 Å². The van der Waals surface area contributed by atoms with Crippen LogP contribution in [0.5, 0.6) is 0 Å². The second-order valence-electron chi connectivity index (χ2n) is 2.60. The van der Waals surface area contributed by atoms with E-state index in [1.165, 1.54) is 0 Å². The maximum atomic E-state index is 10.6. The Kier molecular flexibility index (Phi) is 2.19. The number of hydrogen-bond acceptors (Lipinski definition) is 2. The van der Waals surface area contributed by atoms with E-state index in [0.717, 1.165) is 16.6 Å². The lowest BCUT2D eigenvalue weighted by Gasteiger charge is -1.95. The van der Waals surface area contributed by atoms with E-state index in [2.05, 4.69) is 10.2 Å². The van der Waals surface area contributed by atoms with Gasteiger partial charge in [-0.25, -0.2) is 0 Å². The maximum absolute atomic E-state index is 10.6. The second kappa shape index (κ2) is 3.50. The minimum Gasteiger partial charge on any atom is -0.285 e. The number of hydrogen-bond donors (Lipinski definition) is 1. The van der Waals surface area contributed by atoms with Crippen molar-refractivity contribution in [2.75, 3.05) is 0 Å². The van der Waals surface area contributed by atoms with Crippen molar-refractivity contribution in [1.82, 2.24) is 10.2 Å². The first-order chi connectivity index (χ1) is 6.40. The van der Waals surface area contributed by atoms with Crippen molar-refractivity contribution in [3.05, 3.63) is 36.5 Å². The molecule has 4 heteroatoms. The molecule has 0 radical (unpaired) electrons. The third-order valence-corrected chi connectivity index (χ3v) is 2.24. The molecule has 2 aromatic rings. The summed E-state index contributed by atoms with van der Waals surface area (Å²) in [7, 11) is 0.0426. The molecule has 1 aromatic carbocycles. The van der Waals surface area contributed by atoms with E-state index in [0.29, 0.717) is 0 Å². The zero-order chi connectivity index (χ0) is 9.10. The van der Waals surface area contributed by atoms with E-state index in [1.54, 1.807) is 6.20 Å². The smallest absolute Gasteiger partial charge is 0.192 e. The van der Waals surface area contributed by atoms with Gasteiger partial charge in [0.15, 0.2) is 8.46 Å². The van der Waals surface area contributed by atoms with Crippen LogP contribution in [0.15, 0.2) is 36.5 Å². The van der Waals surface area contributed by atoms with Crippen LogP contribution < -0.4 is 5.30 Å². The highest BCUT2D eigenvalue weighted by Crippen LogP contribution is 2.15. The van der Waals surface area contributed by atoms with Crippen LogP contribution in [0.1, 0.15) is 0 Å². The second-order valence-corrected chi connectivity index (χ2v) is 3.30. The molecule has 0 fully saturated rings. The summed E-state index contributed by atoms with van der Waals surface area (Å²) in [5, 5.41) is 7.53. The van der Waals surface area contributed by atoms with Crippen molar-refractivity contribution in [3.8, 4) is 11.3 Å². The van der Waals surface area contributed by atoms with Crippen molar-refractivity contribution in [2.24, 2.45) is 0 Å². The van der Waals surface area contributed by atoms with Gasteiger partial charge < -0.3 is 0 Å². The normalized spacial score (nSPS) is 10.5. The molecule has 13 heavy (non-hydrogen) atoms. The molecule has 0 amide bonds. The Balaban J connectivity index is 2.47. The van der Waals surface area contributed by atoms with Crippen LogP contribution in [0.2, 0.25) is 0 Å². The predicted molar refractivity (Wildman–Crippen MR) is 51.3 cm³/mol. The number of nitrogens with one attached hydrogen (secondary N) is 1. The van der Waals surface area contributed by atoms with Gasteiger partial charge in [-0.1, -0.05) is 12.1 Å². The first-order valence-electron chi connectivity index (χ1n) is 3.84. The third kappa shape index (κ3) is 1.65. The average Bonchev–Trinajstić information content (AvgIpc) is 2.71. The number of H-pyrrole nitrogens is 1. The Hall–Kier alpha value is -1.47. The number of nitrogens with zero attached hydrogens (tertiary/aromatic N) is 1. The molecule has 3 nitrogen and oxygen atoms in total. The van der Waals surface area contributed by atoms with Gasteiger partial charge in [0.1, 0.15) is 0 Å². The quantitative estimate of drug-likeness (QED) is 0.736. The summed E-state index contributed by atoms with van der Waals surface area (Å²) in [6.45, 7) is 0. The summed E-state index contributed by atoms with van der Waals surface area (Å²) in [5.41, 5.74) is 1.84. The average molecular weight is 190 g/mol. The van der Waals surface area contributed by atoms with E-state index >= 15 is 0 Å². The van der Waals surface area contributed by atoms with Crippen LogP contribution in [0, 0.1) is 0 Å². The van der Waals surface area contributed by atoms with Crippen molar-refractivity contribution in [2.45, 2.75) is 0 Å². The Labute approximate surface area is 77.0 Å². The molecular formula is C9H7N2OP. The zero-order valence-corrected chi connectivity index (χ0v) is 7.66. The highest BCUT2D eigenvalue weighted by Gasteiger charge is 1.99. The van der Waals surface area contributed by atoms with Crippen LogP contribution in [0.3, 0.4) is 0 Å². The molecule has 0 spiro atoms. The fourth-order valence-electron chi connectivity index (χ4n) is 1.14. The lowest BCUT2D eigenvalue weighted by atomic mass is 10.2. The number of aromatic amines is 1. The summed E-state index contributed by atoms with van der Waals surface area (Å²) in [6, 6.07) is 9.34. The molecule has 64 valence electrons. The minimum absolute atomic E-state index is 0.0426. The Bertz CT molecular complexity index is 411. The summed E-state index contributed by atoms with van der Waals surface area (Å²) in [4.78, 5) is 0. The third-order valence-electron chi connectivity index (χ3n) is 1.75. The van der Waals surface area contributed by atoms with Crippen LogP contribution in [-0.2, 0) is 4.57 Å². The van der Waals surface area contributed by atoms with Gasteiger partial charge in [0, 0.05) is 17.1 Å². The van der Waals surface area contributed by atoms with Crippen molar-refractivity contribution in [1.29, 1.82) is 0 Å². The van der Waals surface area contributed by atoms with Gasteiger partial charge in [-0.05, 0) is 18.2 Å². The van der Waals surface area contributed by atoms with E-state index in [-0.39, 0.29) is 8.46 Å². The number of aromatic nitrogens is 2. The lowest BCUT2D eigenvalue weighted by Crippen LogP contribution is -1.90. The van der Waals surface area contributed by atoms with Gasteiger partial charge in [0.2, 0.25) is 0 Å². The first-order valence-corrected chi connectivity index (χ1v) is 4.65. The van der Waals surface area contributed by atoms with Crippen molar-refractivity contribution >= 4 is 13.8 Å². The largest absolute Gasteiger partial charge is 0.285 e. The van der Waals surface area contributed by atoms with E-state index < -0.39 is 0 Å². The highest BCUT2D eigenvalue weighted by atomic mass is 31.1. The van der Waals surface area contributed by atoms with E-state index in [4.69, 9.17) is 0 Å². The Morgan fingerprint density at radius 1 is 1.31 bits per heavy atom. The minimum atomic E-state index is 0.0426. The van der Waals surface area contributed by atoms with Crippen LogP contribution >= 0.6 is 8.46 Å². The molecule has 0 aliphatic heterocycles. The first kappa shape index (κ1) is 8.14. The van der Waals surface area contributed by atoms with Crippen molar-refractivity contribution < 1.29 is 4.57 Å². The highest BCUT2D eigenvalue weighted by molar-refractivity contribution is 7.34. The summed E-state index contributed by atoms with van der Waals surface area (Å²) in [6.07, 6.45) is 1.76. The topological polar surface area (TPSA) is 45.8 Å². The van der Waals surface area contributed by atoms with E-state index in [9.17, 15) is 4.57 Å². The van der Waals surface area contributed by atoms with Gasteiger partial charge in [-0.3, -0.25) is 9.66 Å². The summed E-state index contributed by atoms with van der Waals surface area (Å²) < 4.78 is 10.6. The van der Waals surface area contributed by atoms with Gasteiger partial charge in [-0.2, -0.15) is 5.10 Å². The summed E-state index contributed by atoms with van der Waals surface area (Å²) >= 11 is 0. The van der Waals surface area contributed by atoms with Crippen molar-refractivity contribution in [3.63, 3.8) is 0 Å². The maximum Gasteiger partial charge on any atom is 0.192 e. The lowest BCUT2D eigenvalue weighted by molar-refractivity contribution is 0.603. The predicted octanol–water partition coefficient (Wildman–Crippen LogP) is 1.99. The monoisotopic (exact) mass is 190 g/mol. The van der Waals surface area contributed by atoms with E-state index in [1.807, 2.05) is 30.3 Å². The molecular weight excluding hydrogens is 183 g/mol. The Morgan fingerprint density at radius 3 is 2.92 bits per heavy atom. The molecule has 0 saturated heterocycles. The molecule has 1 heterocycles. The molecule has 0 aliphatic rings. The Morgan fingerprint density at radius 2 is 2.23 bits per heavy atom. The van der Waals surface area contributed by atoms with Crippen LogP contribution in [-0.4, -0.2) is 10.2 Å². The van der Waals surface area contributed by atoms with Gasteiger partial charge in [0.25, 0.3) is 0 Å². The summed E-state index contributed by atoms with van der Waals surface area (Å²) in [5.74, 6) is 0. The standard InChI is InChI=1S/C9H7N2OP/c12-13-8-3-1-2-7(6-8)9-4-5-10-11-9/h1-6H,(H,10,11). The SMILES string of the molecule is O=Pc1cccc(-c2cc[nH]n2)c1. The van der Waals surface area contributed by atoms with Crippen LogP contribution in [0.25, 0.3) is 11.3 Å². The van der Waals surface area contributed by atoms with Crippen LogP contribution in [0.4, 0.5) is 0 Å². The molecule has 1 N–H and O–H groups in total. The number of rotatable bonds is 2. The zero-order valence-electron chi connectivity index (χ0n) is 6.77. The van der Waals surface area contributed by atoms with Gasteiger partial charge in [0.05, 0.1) is 5.69 Å². The molecule has 1 aromatic heterocycles. The molecule has 0 atom stereocenters. The molecule has 0 saturated carbocycles. The molecule has 0 unspecified atom stereocenters. The molecule has 0 bridgehead atoms. The number of benzene rings is 1.